The maximum absolute atomic E-state index is 5.49. The van der Waals surface area contributed by atoms with Crippen molar-refractivity contribution in [2.24, 2.45) is 5.92 Å². The molecule has 0 aromatic carbocycles. The van der Waals surface area contributed by atoms with Crippen LogP contribution in [0, 0.1) is 5.92 Å². The summed E-state index contributed by atoms with van der Waals surface area (Å²) in [5.41, 5.74) is 1.08. The predicted octanol–water partition coefficient (Wildman–Crippen LogP) is 2.12. The summed E-state index contributed by atoms with van der Waals surface area (Å²) in [6.07, 6.45) is 4.12. The first kappa shape index (κ1) is 13.4. The summed E-state index contributed by atoms with van der Waals surface area (Å²) in [6, 6.07) is 1.99. The maximum Gasteiger partial charge on any atom is 0.133 e. The standard InChI is InChI=1S/C14H23N3O/c1-11(2)8-15-9-13-5-6-16-14(17-13)12-4-3-7-18-10-12/h5-6,11-12,15H,3-4,7-10H2,1-2H3. The van der Waals surface area contributed by atoms with E-state index in [1.54, 1.807) is 0 Å². The highest BCUT2D eigenvalue weighted by Crippen LogP contribution is 2.22. The van der Waals surface area contributed by atoms with Crippen molar-refractivity contribution < 1.29 is 4.74 Å². The van der Waals surface area contributed by atoms with Gasteiger partial charge in [-0.2, -0.15) is 0 Å². The minimum absolute atomic E-state index is 0.379. The summed E-state index contributed by atoms with van der Waals surface area (Å²) in [6.45, 7) is 7.90. The van der Waals surface area contributed by atoms with Gasteiger partial charge in [-0.3, -0.25) is 0 Å². The number of nitrogens with one attached hydrogen (secondary N) is 1. The molecule has 100 valence electrons. The highest BCUT2D eigenvalue weighted by atomic mass is 16.5. The van der Waals surface area contributed by atoms with Crippen LogP contribution in [0.3, 0.4) is 0 Å². The van der Waals surface area contributed by atoms with Crippen LogP contribution >= 0.6 is 0 Å². The van der Waals surface area contributed by atoms with Gasteiger partial charge in [-0.15, -0.1) is 0 Å². The van der Waals surface area contributed by atoms with Crippen LogP contribution < -0.4 is 5.32 Å². The summed E-state index contributed by atoms with van der Waals surface area (Å²) in [4.78, 5) is 9.03. The molecule has 1 aliphatic heterocycles. The van der Waals surface area contributed by atoms with Crippen LogP contribution in [0.5, 0.6) is 0 Å². The maximum atomic E-state index is 5.49. The molecule has 2 rings (SSSR count). The molecule has 2 heterocycles. The molecule has 4 nitrogen and oxygen atoms in total. The summed E-state index contributed by atoms with van der Waals surface area (Å²) in [7, 11) is 0. The van der Waals surface area contributed by atoms with E-state index in [1.807, 2.05) is 12.3 Å². The SMILES string of the molecule is CC(C)CNCc1ccnc(C2CCCOC2)n1. The number of hydrogen-bond donors (Lipinski definition) is 1. The molecular weight excluding hydrogens is 226 g/mol. The van der Waals surface area contributed by atoms with E-state index in [9.17, 15) is 0 Å². The first-order chi connectivity index (χ1) is 8.75. The second kappa shape index (κ2) is 6.81. The van der Waals surface area contributed by atoms with Gasteiger partial charge in [-0.1, -0.05) is 13.8 Å². The van der Waals surface area contributed by atoms with E-state index in [2.05, 4.69) is 29.1 Å². The Labute approximate surface area is 109 Å². The zero-order chi connectivity index (χ0) is 12.8. The van der Waals surface area contributed by atoms with Crippen molar-refractivity contribution in [2.45, 2.75) is 39.2 Å². The van der Waals surface area contributed by atoms with E-state index in [1.165, 1.54) is 0 Å². The number of aromatic nitrogens is 2. The average molecular weight is 249 g/mol. The van der Waals surface area contributed by atoms with Gasteiger partial charge in [0.1, 0.15) is 5.82 Å². The van der Waals surface area contributed by atoms with E-state index in [4.69, 9.17) is 4.74 Å². The van der Waals surface area contributed by atoms with Crippen LogP contribution in [0.25, 0.3) is 0 Å². The molecule has 0 aliphatic carbocycles. The highest BCUT2D eigenvalue weighted by molar-refractivity contribution is 5.06. The lowest BCUT2D eigenvalue weighted by molar-refractivity contribution is 0.0780. The normalized spacial score (nSPS) is 20.3. The van der Waals surface area contributed by atoms with E-state index in [0.717, 1.165) is 50.7 Å². The highest BCUT2D eigenvalue weighted by Gasteiger charge is 2.18. The molecule has 0 saturated carbocycles. The first-order valence-electron chi connectivity index (χ1n) is 6.86. The van der Waals surface area contributed by atoms with Crippen molar-refractivity contribution in [3.05, 3.63) is 23.8 Å². The van der Waals surface area contributed by atoms with Gasteiger partial charge in [-0.25, -0.2) is 9.97 Å². The molecule has 1 aromatic rings. The van der Waals surface area contributed by atoms with Gasteiger partial charge in [0, 0.05) is 25.3 Å². The van der Waals surface area contributed by atoms with Gasteiger partial charge < -0.3 is 10.1 Å². The van der Waals surface area contributed by atoms with Crippen molar-refractivity contribution in [1.82, 2.24) is 15.3 Å². The summed E-state index contributed by atoms with van der Waals surface area (Å²) < 4.78 is 5.49. The van der Waals surface area contributed by atoms with Gasteiger partial charge >= 0.3 is 0 Å². The molecule has 1 atom stereocenters. The molecule has 0 radical (unpaired) electrons. The van der Waals surface area contributed by atoms with Crippen LogP contribution in [-0.2, 0) is 11.3 Å². The fourth-order valence-electron chi connectivity index (χ4n) is 2.14. The number of nitrogens with zero attached hydrogens (tertiary/aromatic N) is 2. The molecule has 18 heavy (non-hydrogen) atoms. The van der Waals surface area contributed by atoms with Crippen molar-refractivity contribution in [3.63, 3.8) is 0 Å². The lowest BCUT2D eigenvalue weighted by Crippen LogP contribution is -2.21. The smallest absolute Gasteiger partial charge is 0.133 e. The number of hydrogen-bond acceptors (Lipinski definition) is 4. The fourth-order valence-corrected chi connectivity index (χ4v) is 2.14. The molecule has 4 heteroatoms. The van der Waals surface area contributed by atoms with Gasteiger partial charge in [0.15, 0.2) is 0 Å². The molecule has 0 bridgehead atoms. The molecular formula is C14H23N3O. The molecule has 0 spiro atoms. The third-order valence-corrected chi connectivity index (χ3v) is 3.12. The summed E-state index contributed by atoms with van der Waals surface area (Å²) in [5, 5.41) is 3.41. The Kier molecular flexibility index (Phi) is 5.08. The molecule has 1 saturated heterocycles. The molecule has 1 aromatic heterocycles. The molecule has 1 N–H and O–H groups in total. The third-order valence-electron chi connectivity index (χ3n) is 3.12. The molecule has 1 aliphatic rings. The zero-order valence-corrected chi connectivity index (χ0v) is 11.4. The van der Waals surface area contributed by atoms with Gasteiger partial charge in [0.2, 0.25) is 0 Å². The fraction of sp³-hybridized carbons (Fsp3) is 0.714. The lowest BCUT2D eigenvalue weighted by Gasteiger charge is -2.21. The monoisotopic (exact) mass is 249 g/mol. The van der Waals surface area contributed by atoms with Crippen molar-refractivity contribution >= 4 is 0 Å². The summed E-state index contributed by atoms with van der Waals surface area (Å²) in [5.74, 6) is 1.99. The Hall–Kier alpha value is -1.00. The largest absolute Gasteiger partial charge is 0.381 e. The van der Waals surface area contributed by atoms with Crippen molar-refractivity contribution in [1.29, 1.82) is 0 Å². The Morgan fingerprint density at radius 1 is 1.50 bits per heavy atom. The quantitative estimate of drug-likeness (QED) is 0.868. The summed E-state index contributed by atoms with van der Waals surface area (Å²) >= 11 is 0. The van der Waals surface area contributed by atoms with Gasteiger partial charge in [0.25, 0.3) is 0 Å². The third kappa shape index (κ3) is 4.03. The van der Waals surface area contributed by atoms with Crippen LogP contribution in [0.1, 0.15) is 44.1 Å². The van der Waals surface area contributed by atoms with Crippen molar-refractivity contribution in [2.75, 3.05) is 19.8 Å². The average Bonchev–Trinajstić information content (AvgIpc) is 2.40. The minimum atomic E-state index is 0.379. The Bertz CT molecular complexity index is 362. The van der Waals surface area contributed by atoms with E-state index < -0.39 is 0 Å². The minimum Gasteiger partial charge on any atom is -0.381 e. The topological polar surface area (TPSA) is 47.0 Å². The van der Waals surface area contributed by atoms with Crippen LogP contribution in [0.4, 0.5) is 0 Å². The number of ether oxygens (including phenoxy) is 1. The Morgan fingerprint density at radius 3 is 3.11 bits per heavy atom. The lowest BCUT2D eigenvalue weighted by atomic mass is 10.0. The van der Waals surface area contributed by atoms with Crippen LogP contribution in [0.2, 0.25) is 0 Å². The second-order valence-corrected chi connectivity index (χ2v) is 5.34. The number of rotatable bonds is 5. The van der Waals surface area contributed by atoms with E-state index in [0.29, 0.717) is 11.8 Å². The molecule has 0 amide bonds. The molecule has 1 fully saturated rings. The second-order valence-electron chi connectivity index (χ2n) is 5.34. The van der Waals surface area contributed by atoms with Gasteiger partial charge in [-0.05, 0) is 31.4 Å². The Balaban J connectivity index is 1.91. The predicted molar refractivity (Wildman–Crippen MR) is 71.4 cm³/mol. The van der Waals surface area contributed by atoms with Crippen LogP contribution in [-0.4, -0.2) is 29.7 Å². The van der Waals surface area contributed by atoms with E-state index in [-0.39, 0.29) is 0 Å². The Morgan fingerprint density at radius 2 is 2.39 bits per heavy atom. The zero-order valence-electron chi connectivity index (χ0n) is 11.4. The molecule has 1 unspecified atom stereocenters. The van der Waals surface area contributed by atoms with Gasteiger partial charge in [0.05, 0.1) is 12.3 Å². The first-order valence-corrected chi connectivity index (χ1v) is 6.86. The van der Waals surface area contributed by atoms with Crippen molar-refractivity contribution in [3.8, 4) is 0 Å². The van der Waals surface area contributed by atoms with E-state index >= 15 is 0 Å². The van der Waals surface area contributed by atoms with Crippen LogP contribution in [0.15, 0.2) is 12.3 Å².